The molecule has 0 aromatic carbocycles. The highest BCUT2D eigenvalue weighted by molar-refractivity contribution is 7.98. The van der Waals surface area contributed by atoms with Crippen LogP contribution in [0, 0.1) is 5.92 Å². The lowest BCUT2D eigenvalue weighted by atomic mass is 10.1. The van der Waals surface area contributed by atoms with Crippen molar-refractivity contribution in [3.05, 3.63) is 6.07 Å². The molecule has 1 aromatic heterocycles. The number of amides is 2. The third-order valence-electron chi connectivity index (χ3n) is 2.70. The maximum atomic E-state index is 11.8. The van der Waals surface area contributed by atoms with Gasteiger partial charge in [-0.1, -0.05) is 11.8 Å². The number of carbonyl (C=O) groups excluding carboxylic acids is 2. The van der Waals surface area contributed by atoms with Crippen LogP contribution in [0.3, 0.4) is 0 Å². The van der Waals surface area contributed by atoms with E-state index in [0.29, 0.717) is 16.8 Å². The van der Waals surface area contributed by atoms with Crippen molar-refractivity contribution in [2.75, 3.05) is 23.4 Å². The number of primary amides is 1. The average molecular weight is 267 g/mol. The van der Waals surface area contributed by atoms with Crippen LogP contribution < -0.4 is 16.4 Å². The van der Waals surface area contributed by atoms with Crippen LogP contribution in [-0.2, 0) is 9.59 Å². The summed E-state index contributed by atoms with van der Waals surface area (Å²) in [6, 6.07) is 1.51. The van der Waals surface area contributed by atoms with Crippen molar-refractivity contribution in [2.24, 2.45) is 11.7 Å². The van der Waals surface area contributed by atoms with E-state index in [1.807, 2.05) is 6.26 Å². The first-order valence-corrected chi connectivity index (χ1v) is 6.52. The second-order valence-corrected chi connectivity index (χ2v) is 4.72. The minimum atomic E-state index is -0.474. The molecule has 18 heavy (non-hydrogen) atoms. The fraction of sp³-hybridized carbons (Fsp3) is 0.400. The number of rotatable bonds is 3. The molecule has 0 bridgehead atoms. The van der Waals surface area contributed by atoms with Gasteiger partial charge in [0.05, 0.1) is 5.92 Å². The highest BCUT2D eigenvalue weighted by Crippen LogP contribution is 2.25. The molecule has 1 aliphatic heterocycles. The zero-order valence-corrected chi connectivity index (χ0v) is 10.6. The van der Waals surface area contributed by atoms with Crippen molar-refractivity contribution in [1.82, 2.24) is 9.97 Å². The van der Waals surface area contributed by atoms with Crippen molar-refractivity contribution in [3.8, 4) is 0 Å². The SMILES string of the molecule is CSc1nc(N)cc(N2CC(C(N)=O)CC2=O)n1. The molecule has 0 aliphatic carbocycles. The van der Waals surface area contributed by atoms with Crippen molar-refractivity contribution in [1.29, 1.82) is 0 Å². The molecule has 1 saturated heterocycles. The summed E-state index contributed by atoms with van der Waals surface area (Å²) in [4.78, 5) is 32.5. The molecule has 2 amide bonds. The Morgan fingerprint density at radius 1 is 1.56 bits per heavy atom. The van der Waals surface area contributed by atoms with Gasteiger partial charge in [0.25, 0.3) is 0 Å². The van der Waals surface area contributed by atoms with Crippen molar-refractivity contribution in [3.63, 3.8) is 0 Å². The molecule has 1 atom stereocenters. The number of nitrogen functional groups attached to an aromatic ring is 1. The molecular weight excluding hydrogens is 254 g/mol. The first-order valence-electron chi connectivity index (χ1n) is 5.29. The highest BCUT2D eigenvalue weighted by Gasteiger charge is 2.34. The van der Waals surface area contributed by atoms with E-state index in [1.54, 1.807) is 0 Å². The summed E-state index contributed by atoms with van der Waals surface area (Å²) >= 11 is 1.33. The number of hydrogen-bond donors (Lipinski definition) is 2. The Morgan fingerprint density at radius 3 is 2.83 bits per heavy atom. The van der Waals surface area contributed by atoms with E-state index in [4.69, 9.17) is 11.5 Å². The van der Waals surface area contributed by atoms with Crippen molar-refractivity contribution in [2.45, 2.75) is 11.6 Å². The van der Waals surface area contributed by atoms with E-state index in [9.17, 15) is 9.59 Å². The zero-order valence-electron chi connectivity index (χ0n) is 9.79. The molecule has 8 heteroatoms. The molecule has 96 valence electrons. The Labute approximate surface area is 108 Å². The maximum Gasteiger partial charge on any atom is 0.229 e. The number of carbonyl (C=O) groups is 2. The van der Waals surface area contributed by atoms with Gasteiger partial charge in [0, 0.05) is 19.0 Å². The molecule has 4 N–H and O–H groups in total. The lowest BCUT2D eigenvalue weighted by Gasteiger charge is -2.15. The average Bonchev–Trinajstić information content (AvgIpc) is 2.70. The largest absolute Gasteiger partial charge is 0.383 e. The van der Waals surface area contributed by atoms with E-state index in [1.165, 1.54) is 22.7 Å². The summed E-state index contributed by atoms with van der Waals surface area (Å²) in [6.45, 7) is 0.248. The van der Waals surface area contributed by atoms with Gasteiger partial charge >= 0.3 is 0 Å². The molecule has 1 fully saturated rings. The third-order valence-corrected chi connectivity index (χ3v) is 3.25. The predicted molar refractivity (Wildman–Crippen MR) is 67.9 cm³/mol. The Hall–Kier alpha value is -1.83. The molecule has 2 rings (SSSR count). The Balaban J connectivity index is 2.29. The molecule has 1 aliphatic rings. The van der Waals surface area contributed by atoms with Crippen LogP contribution in [0.2, 0.25) is 0 Å². The fourth-order valence-corrected chi connectivity index (χ4v) is 2.16. The van der Waals surface area contributed by atoms with Crippen LogP contribution in [0.4, 0.5) is 11.6 Å². The van der Waals surface area contributed by atoms with Gasteiger partial charge in [-0.05, 0) is 6.26 Å². The van der Waals surface area contributed by atoms with E-state index in [2.05, 4.69) is 9.97 Å². The number of thioether (sulfide) groups is 1. The molecule has 7 nitrogen and oxygen atoms in total. The Bertz CT molecular complexity index is 507. The van der Waals surface area contributed by atoms with Crippen LogP contribution in [0.1, 0.15) is 6.42 Å². The monoisotopic (exact) mass is 267 g/mol. The summed E-state index contributed by atoms with van der Waals surface area (Å²) < 4.78 is 0. The molecule has 2 heterocycles. The minimum Gasteiger partial charge on any atom is -0.383 e. The van der Waals surface area contributed by atoms with Gasteiger partial charge in [-0.2, -0.15) is 0 Å². The summed E-state index contributed by atoms with van der Waals surface area (Å²) in [5.74, 6) is -0.409. The van der Waals surface area contributed by atoms with Crippen LogP contribution >= 0.6 is 11.8 Å². The maximum absolute atomic E-state index is 11.8. The van der Waals surface area contributed by atoms with E-state index in [-0.39, 0.29) is 18.9 Å². The summed E-state index contributed by atoms with van der Waals surface area (Å²) in [6.07, 6.45) is 1.93. The topological polar surface area (TPSA) is 115 Å². The summed E-state index contributed by atoms with van der Waals surface area (Å²) in [5.41, 5.74) is 10.9. The molecule has 0 radical (unpaired) electrons. The molecule has 1 aromatic rings. The highest BCUT2D eigenvalue weighted by atomic mass is 32.2. The van der Waals surface area contributed by atoms with Crippen molar-refractivity contribution >= 4 is 35.2 Å². The molecule has 0 saturated carbocycles. The third kappa shape index (κ3) is 2.37. The Kier molecular flexibility index (Phi) is 3.37. The van der Waals surface area contributed by atoms with Gasteiger partial charge in [-0.25, -0.2) is 9.97 Å². The van der Waals surface area contributed by atoms with E-state index >= 15 is 0 Å². The predicted octanol–water partition coefficient (Wildman–Crippen LogP) is -0.381. The van der Waals surface area contributed by atoms with Crippen molar-refractivity contribution < 1.29 is 9.59 Å². The number of nitrogens with two attached hydrogens (primary N) is 2. The van der Waals surface area contributed by atoms with Gasteiger partial charge in [-0.3, -0.25) is 14.5 Å². The lowest BCUT2D eigenvalue weighted by molar-refractivity contribution is -0.123. The smallest absolute Gasteiger partial charge is 0.229 e. The standard InChI is InChI=1S/C10H13N5O2S/c1-18-10-13-6(11)3-7(14-10)15-4-5(9(12)17)2-8(15)16/h3,5H,2,4H2,1H3,(H2,12,17)(H2,11,13,14). The normalized spacial score (nSPS) is 19.3. The molecular formula is C10H13N5O2S. The summed E-state index contributed by atoms with van der Waals surface area (Å²) in [5, 5.41) is 0.486. The number of hydrogen-bond acceptors (Lipinski definition) is 6. The Morgan fingerprint density at radius 2 is 2.28 bits per heavy atom. The lowest BCUT2D eigenvalue weighted by Crippen LogP contribution is -2.29. The molecule has 0 spiro atoms. The first kappa shape index (κ1) is 12.6. The van der Waals surface area contributed by atoms with Gasteiger partial charge < -0.3 is 11.5 Å². The molecule has 1 unspecified atom stereocenters. The number of nitrogens with zero attached hydrogens (tertiary/aromatic N) is 3. The van der Waals surface area contributed by atoms with Gasteiger partial charge in [0.1, 0.15) is 11.6 Å². The fourth-order valence-electron chi connectivity index (χ4n) is 1.78. The van der Waals surface area contributed by atoms with Gasteiger partial charge in [-0.15, -0.1) is 0 Å². The van der Waals surface area contributed by atoms with Crippen LogP contribution in [0.5, 0.6) is 0 Å². The summed E-state index contributed by atoms with van der Waals surface area (Å²) in [7, 11) is 0. The minimum absolute atomic E-state index is 0.119. The van der Waals surface area contributed by atoms with Gasteiger partial charge in [0.15, 0.2) is 5.16 Å². The number of anilines is 2. The quantitative estimate of drug-likeness (QED) is 0.569. The number of aromatic nitrogens is 2. The van der Waals surface area contributed by atoms with Crippen LogP contribution in [-0.4, -0.2) is 34.6 Å². The van der Waals surface area contributed by atoms with Crippen LogP contribution in [0.15, 0.2) is 11.2 Å². The zero-order chi connectivity index (χ0) is 13.3. The second kappa shape index (κ2) is 4.81. The van der Waals surface area contributed by atoms with Gasteiger partial charge in [0.2, 0.25) is 11.8 Å². The second-order valence-electron chi connectivity index (χ2n) is 3.95. The first-order chi connectivity index (χ1) is 8.51. The van der Waals surface area contributed by atoms with E-state index < -0.39 is 11.8 Å². The van der Waals surface area contributed by atoms with E-state index in [0.717, 1.165) is 0 Å². The van der Waals surface area contributed by atoms with Crippen LogP contribution in [0.25, 0.3) is 0 Å².